The molecule has 4 atom stereocenters. The van der Waals surface area contributed by atoms with Gasteiger partial charge in [0.1, 0.15) is 11.9 Å². The molecule has 1 saturated carbocycles. The minimum atomic E-state index is -0.624. The molecule has 1 aliphatic carbocycles. The lowest BCUT2D eigenvalue weighted by molar-refractivity contribution is -0.0231. The van der Waals surface area contributed by atoms with Crippen molar-refractivity contribution in [3.8, 4) is 5.75 Å². The van der Waals surface area contributed by atoms with E-state index in [2.05, 4.69) is 4.98 Å². The van der Waals surface area contributed by atoms with Crippen LogP contribution in [0.1, 0.15) is 33.6 Å². The molecular formula is C25H26N2O5. The summed E-state index contributed by atoms with van der Waals surface area (Å²) >= 11 is 0. The number of H-pyrrole nitrogens is 1. The number of nitrogens with zero attached hydrogens (tertiary/aromatic N) is 1. The Morgan fingerprint density at radius 3 is 2.66 bits per heavy atom. The second-order valence-corrected chi connectivity index (χ2v) is 8.69. The van der Waals surface area contributed by atoms with Gasteiger partial charge in [0.2, 0.25) is 0 Å². The number of carbonyl (C=O) groups excluding carboxylic acids is 2. The van der Waals surface area contributed by atoms with E-state index in [1.165, 1.54) is 7.11 Å². The Morgan fingerprint density at radius 2 is 1.84 bits per heavy atom. The SMILES string of the molecule is COC(=O)c1cccc(O[C@@H]2C[C@@H]3CN(C(=O)c4c[nH]c5ccccc45)C[C@@H]3C[C@H]2O)c1. The largest absolute Gasteiger partial charge is 0.488 e. The van der Waals surface area contributed by atoms with E-state index in [0.717, 1.165) is 10.9 Å². The van der Waals surface area contributed by atoms with Gasteiger partial charge >= 0.3 is 5.97 Å². The van der Waals surface area contributed by atoms with Crippen LogP contribution < -0.4 is 4.74 Å². The van der Waals surface area contributed by atoms with Gasteiger partial charge in [-0.1, -0.05) is 24.3 Å². The van der Waals surface area contributed by atoms with Crippen LogP contribution in [0.15, 0.2) is 54.7 Å². The Morgan fingerprint density at radius 1 is 1.06 bits per heavy atom. The minimum Gasteiger partial charge on any atom is -0.488 e. The lowest BCUT2D eigenvalue weighted by Gasteiger charge is -2.35. The summed E-state index contributed by atoms with van der Waals surface area (Å²) < 4.78 is 10.8. The highest BCUT2D eigenvalue weighted by Gasteiger charge is 2.44. The Labute approximate surface area is 185 Å². The van der Waals surface area contributed by atoms with E-state index < -0.39 is 12.1 Å². The lowest BCUT2D eigenvalue weighted by Crippen LogP contribution is -2.42. The number of hydrogen-bond acceptors (Lipinski definition) is 5. The number of aliphatic hydroxyl groups is 1. The Kier molecular flexibility index (Phi) is 5.35. The van der Waals surface area contributed by atoms with Gasteiger partial charge in [-0.05, 0) is 48.9 Å². The summed E-state index contributed by atoms with van der Waals surface area (Å²) in [7, 11) is 1.34. The van der Waals surface area contributed by atoms with Crippen LogP contribution in [0.25, 0.3) is 10.9 Å². The number of aliphatic hydroxyl groups excluding tert-OH is 1. The number of aromatic amines is 1. The highest BCUT2D eigenvalue weighted by atomic mass is 16.5. The zero-order chi connectivity index (χ0) is 22.2. The standard InChI is InChI=1S/C25H26N2O5/c1-31-25(30)15-5-4-6-18(9-15)32-23-11-17-14-27(13-16(17)10-22(23)28)24(29)20-12-26-21-8-3-2-7-19(20)21/h2-9,12,16-17,22-23,26,28H,10-11,13-14H2,1H3/t16-,17+,22+,23+/m0/s1. The maximum absolute atomic E-state index is 13.2. The Balaban J connectivity index is 1.28. The lowest BCUT2D eigenvalue weighted by atomic mass is 9.78. The molecule has 2 fully saturated rings. The highest BCUT2D eigenvalue weighted by molar-refractivity contribution is 6.06. The summed E-state index contributed by atoms with van der Waals surface area (Å²) in [6, 6.07) is 14.6. The molecule has 7 heteroatoms. The molecule has 166 valence electrons. The number of esters is 1. The number of rotatable bonds is 4. The van der Waals surface area contributed by atoms with Crippen molar-refractivity contribution in [1.29, 1.82) is 0 Å². The topological polar surface area (TPSA) is 91.9 Å². The molecule has 0 unspecified atom stereocenters. The molecule has 1 aliphatic heterocycles. The average Bonchev–Trinajstić information content (AvgIpc) is 3.42. The number of fused-ring (bicyclic) bond motifs is 2. The summed E-state index contributed by atoms with van der Waals surface area (Å²) in [4.78, 5) is 30.1. The van der Waals surface area contributed by atoms with Crippen molar-refractivity contribution in [3.05, 3.63) is 65.9 Å². The van der Waals surface area contributed by atoms with E-state index in [4.69, 9.17) is 9.47 Å². The molecule has 32 heavy (non-hydrogen) atoms. The number of nitrogens with one attached hydrogen (secondary N) is 1. The fraction of sp³-hybridized carbons (Fsp3) is 0.360. The van der Waals surface area contributed by atoms with E-state index in [1.807, 2.05) is 29.2 Å². The van der Waals surface area contributed by atoms with Crippen molar-refractivity contribution in [2.45, 2.75) is 25.0 Å². The molecule has 2 heterocycles. The monoisotopic (exact) mass is 434 g/mol. The number of likely N-dealkylation sites (tertiary alicyclic amines) is 1. The molecule has 1 aromatic heterocycles. The van der Waals surface area contributed by atoms with Crippen LogP contribution >= 0.6 is 0 Å². The van der Waals surface area contributed by atoms with Crippen molar-refractivity contribution in [1.82, 2.24) is 9.88 Å². The van der Waals surface area contributed by atoms with Gasteiger partial charge in [-0.15, -0.1) is 0 Å². The number of methoxy groups -OCH3 is 1. The molecule has 2 aromatic carbocycles. The number of para-hydroxylation sites is 1. The van der Waals surface area contributed by atoms with Crippen molar-refractivity contribution in [2.75, 3.05) is 20.2 Å². The van der Waals surface area contributed by atoms with Crippen LogP contribution in [0, 0.1) is 11.8 Å². The molecule has 1 saturated heterocycles. The smallest absolute Gasteiger partial charge is 0.337 e. The first-order valence-electron chi connectivity index (χ1n) is 10.9. The Hall–Kier alpha value is -3.32. The van der Waals surface area contributed by atoms with Gasteiger partial charge in [0.15, 0.2) is 0 Å². The van der Waals surface area contributed by atoms with Crippen molar-refractivity contribution >= 4 is 22.8 Å². The molecule has 0 spiro atoms. The van der Waals surface area contributed by atoms with Gasteiger partial charge in [0, 0.05) is 30.2 Å². The molecule has 1 amide bonds. The van der Waals surface area contributed by atoms with Crippen LogP contribution in [-0.4, -0.2) is 59.3 Å². The molecule has 3 aromatic rings. The van der Waals surface area contributed by atoms with Crippen molar-refractivity contribution < 1.29 is 24.2 Å². The number of hydrogen-bond donors (Lipinski definition) is 2. The zero-order valence-corrected chi connectivity index (χ0v) is 17.9. The number of carbonyl (C=O) groups is 2. The van der Waals surface area contributed by atoms with Gasteiger partial charge in [-0.3, -0.25) is 4.79 Å². The van der Waals surface area contributed by atoms with Crippen LogP contribution in [0.5, 0.6) is 5.75 Å². The van der Waals surface area contributed by atoms with Crippen LogP contribution in [0.4, 0.5) is 0 Å². The molecular weight excluding hydrogens is 408 g/mol. The third-order valence-electron chi connectivity index (χ3n) is 6.73. The molecule has 5 rings (SSSR count). The highest BCUT2D eigenvalue weighted by Crippen LogP contribution is 2.39. The summed E-state index contributed by atoms with van der Waals surface area (Å²) in [6.45, 7) is 1.29. The molecule has 2 aliphatic rings. The van der Waals surface area contributed by atoms with E-state index >= 15 is 0 Å². The van der Waals surface area contributed by atoms with E-state index in [1.54, 1.807) is 30.5 Å². The van der Waals surface area contributed by atoms with Gasteiger partial charge < -0.3 is 24.5 Å². The van der Waals surface area contributed by atoms with Gasteiger partial charge in [-0.25, -0.2) is 4.79 Å². The predicted molar refractivity (Wildman–Crippen MR) is 119 cm³/mol. The normalized spacial score (nSPS) is 24.9. The summed E-state index contributed by atoms with van der Waals surface area (Å²) in [5, 5.41) is 11.7. The third-order valence-corrected chi connectivity index (χ3v) is 6.73. The second-order valence-electron chi connectivity index (χ2n) is 8.69. The minimum absolute atomic E-state index is 0.0228. The van der Waals surface area contributed by atoms with E-state index in [9.17, 15) is 14.7 Å². The third kappa shape index (κ3) is 3.73. The molecule has 0 bridgehead atoms. The van der Waals surface area contributed by atoms with Gasteiger partial charge in [0.25, 0.3) is 5.91 Å². The van der Waals surface area contributed by atoms with E-state index in [-0.39, 0.29) is 23.8 Å². The van der Waals surface area contributed by atoms with Crippen LogP contribution in [0.3, 0.4) is 0 Å². The number of benzene rings is 2. The quantitative estimate of drug-likeness (QED) is 0.615. The van der Waals surface area contributed by atoms with Crippen molar-refractivity contribution in [2.24, 2.45) is 11.8 Å². The summed E-state index contributed by atoms with van der Waals surface area (Å²) in [5.41, 5.74) is 2.04. The first-order valence-corrected chi connectivity index (χ1v) is 10.9. The molecule has 7 nitrogen and oxygen atoms in total. The first-order chi connectivity index (χ1) is 15.5. The van der Waals surface area contributed by atoms with Crippen LogP contribution in [0.2, 0.25) is 0 Å². The van der Waals surface area contributed by atoms with Gasteiger partial charge in [0.05, 0.1) is 24.3 Å². The average molecular weight is 434 g/mol. The van der Waals surface area contributed by atoms with Crippen LogP contribution in [-0.2, 0) is 4.74 Å². The Bertz CT molecular complexity index is 1160. The number of ether oxygens (including phenoxy) is 2. The molecule has 2 N–H and O–H groups in total. The zero-order valence-electron chi connectivity index (χ0n) is 17.9. The predicted octanol–water partition coefficient (Wildman–Crippen LogP) is 3.25. The maximum atomic E-state index is 13.2. The maximum Gasteiger partial charge on any atom is 0.337 e. The van der Waals surface area contributed by atoms with Crippen molar-refractivity contribution in [3.63, 3.8) is 0 Å². The van der Waals surface area contributed by atoms with E-state index in [0.29, 0.717) is 42.8 Å². The molecule has 0 radical (unpaired) electrons. The second kappa shape index (κ2) is 8.31. The number of amides is 1. The summed E-state index contributed by atoms with van der Waals surface area (Å²) in [5.74, 6) is 0.637. The number of aromatic nitrogens is 1. The first kappa shape index (κ1) is 20.6. The fourth-order valence-corrected chi connectivity index (χ4v) is 5.09. The summed E-state index contributed by atoms with van der Waals surface area (Å²) in [6.07, 6.45) is 2.02. The van der Waals surface area contributed by atoms with Gasteiger partial charge in [-0.2, -0.15) is 0 Å². The fourth-order valence-electron chi connectivity index (χ4n) is 5.09.